The Morgan fingerprint density at radius 2 is 2.08 bits per heavy atom. The van der Waals surface area contributed by atoms with Crippen LogP contribution in [0.3, 0.4) is 0 Å². The van der Waals surface area contributed by atoms with Crippen molar-refractivity contribution < 1.29 is 23.9 Å². The number of aryl methyl sites for hydroxylation is 1. The number of hydrogen-bond donors (Lipinski definition) is 2. The maximum atomic E-state index is 12.4. The van der Waals surface area contributed by atoms with Gasteiger partial charge in [0.1, 0.15) is 18.1 Å². The van der Waals surface area contributed by atoms with Crippen molar-refractivity contribution in [1.29, 1.82) is 0 Å². The molecule has 26 heavy (non-hydrogen) atoms. The van der Waals surface area contributed by atoms with Crippen LogP contribution in [0.2, 0.25) is 0 Å². The lowest BCUT2D eigenvalue weighted by molar-refractivity contribution is -0.137. The summed E-state index contributed by atoms with van der Waals surface area (Å²) < 4.78 is 5.12. The number of ether oxygens (including phenoxy) is 1. The van der Waals surface area contributed by atoms with Crippen LogP contribution in [0.25, 0.3) is 0 Å². The molecule has 2 rings (SSSR count). The molecule has 1 atom stereocenters. The molecule has 1 saturated heterocycles. The first kappa shape index (κ1) is 19.4. The molecule has 1 heterocycles. The van der Waals surface area contributed by atoms with Gasteiger partial charge in [-0.3, -0.25) is 14.4 Å². The Morgan fingerprint density at radius 3 is 2.77 bits per heavy atom. The minimum Gasteiger partial charge on any atom is -0.497 e. The predicted molar refractivity (Wildman–Crippen MR) is 93.9 cm³/mol. The summed E-state index contributed by atoms with van der Waals surface area (Å²) >= 11 is 0. The Labute approximate surface area is 151 Å². The molecular weight excluding hydrogens is 338 g/mol. The van der Waals surface area contributed by atoms with Gasteiger partial charge in [-0.15, -0.1) is 0 Å². The zero-order chi connectivity index (χ0) is 19.1. The van der Waals surface area contributed by atoms with Gasteiger partial charge >= 0.3 is 0 Å². The first-order valence-corrected chi connectivity index (χ1v) is 8.41. The van der Waals surface area contributed by atoms with E-state index in [4.69, 9.17) is 4.74 Å². The van der Waals surface area contributed by atoms with E-state index < -0.39 is 6.04 Å². The fourth-order valence-electron chi connectivity index (χ4n) is 2.92. The van der Waals surface area contributed by atoms with Crippen molar-refractivity contribution in [2.24, 2.45) is 0 Å². The highest BCUT2D eigenvalue weighted by molar-refractivity contribution is 5.98. The monoisotopic (exact) mass is 361 g/mol. The van der Waals surface area contributed by atoms with E-state index in [0.29, 0.717) is 37.0 Å². The number of rotatable bonds is 7. The lowest BCUT2D eigenvalue weighted by Crippen LogP contribution is -2.49. The Hall–Kier alpha value is -2.90. The Kier molecular flexibility index (Phi) is 6.71. The summed E-state index contributed by atoms with van der Waals surface area (Å²) in [7, 11) is 1.51. The number of hydrogen-bond acceptors (Lipinski definition) is 5. The molecule has 140 valence electrons. The van der Waals surface area contributed by atoms with Gasteiger partial charge in [0.2, 0.25) is 11.8 Å². The molecule has 0 bridgehead atoms. The molecule has 0 spiro atoms. The van der Waals surface area contributed by atoms with Crippen LogP contribution in [-0.2, 0) is 14.4 Å². The normalized spacial score (nSPS) is 16.1. The summed E-state index contributed by atoms with van der Waals surface area (Å²) in [6, 6.07) is 4.53. The molecule has 0 saturated carbocycles. The van der Waals surface area contributed by atoms with Gasteiger partial charge in [-0.2, -0.15) is 0 Å². The van der Waals surface area contributed by atoms with Crippen LogP contribution < -0.4 is 15.4 Å². The highest BCUT2D eigenvalue weighted by Crippen LogP contribution is 2.18. The zero-order valence-electron chi connectivity index (χ0n) is 14.9. The lowest BCUT2D eigenvalue weighted by Gasteiger charge is -2.23. The van der Waals surface area contributed by atoms with E-state index in [1.165, 1.54) is 12.0 Å². The van der Waals surface area contributed by atoms with Crippen molar-refractivity contribution in [3.63, 3.8) is 0 Å². The SMILES string of the molecule is COc1ccc(C)c(C(=O)NCC(=O)N2CCCC2C(=O)NCC=O)c1. The van der Waals surface area contributed by atoms with E-state index in [1.54, 1.807) is 25.1 Å². The van der Waals surface area contributed by atoms with Crippen LogP contribution in [0.1, 0.15) is 28.8 Å². The molecule has 0 aliphatic carbocycles. The third kappa shape index (κ3) is 4.59. The molecule has 1 aromatic rings. The quantitative estimate of drug-likeness (QED) is 0.667. The number of nitrogens with zero attached hydrogens (tertiary/aromatic N) is 1. The minimum atomic E-state index is -0.599. The van der Waals surface area contributed by atoms with E-state index in [0.717, 1.165) is 5.56 Å². The summed E-state index contributed by atoms with van der Waals surface area (Å²) in [4.78, 5) is 48.6. The molecule has 0 aromatic heterocycles. The second-order valence-electron chi connectivity index (χ2n) is 6.02. The molecule has 1 fully saturated rings. The van der Waals surface area contributed by atoms with E-state index in [9.17, 15) is 19.2 Å². The third-order valence-electron chi connectivity index (χ3n) is 4.32. The van der Waals surface area contributed by atoms with Gasteiger partial charge in [0.25, 0.3) is 5.91 Å². The Bertz CT molecular complexity index is 704. The summed E-state index contributed by atoms with van der Waals surface area (Å²) in [6.45, 7) is 1.96. The molecule has 1 aromatic carbocycles. The number of aldehydes is 1. The maximum absolute atomic E-state index is 12.4. The molecule has 1 unspecified atom stereocenters. The van der Waals surface area contributed by atoms with Crippen LogP contribution in [0.15, 0.2) is 18.2 Å². The van der Waals surface area contributed by atoms with Gasteiger partial charge in [0.15, 0.2) is 0 Å². The molecule has 8 heteroatoms. The number of amides is 3. The number of carbonyl (C=O) groups is 4. The third-order valence-corrected chi connectivity index (χ3v) is 4.32. The van der Waals surface area contributed by atoms with Crippen molar-refractivity contribution in [2.45, 2.75) is 25.8 Å². The van der Waals surface area contributed by atoms with Gasteiger partial charge in [-0.1, -0.05) is 6.07 Å². The molecule has 0 radical (unpaired) electrons. The van der Waals surface area contributed by atoms with Crippen molar-refractivity contribution in [2.75, 3.05) is 26.7 Å². The van der Waals surface area contributed by atoms with Gasteiger partial charge in [0, 0.05) is 12.1 Å². The average Bonchev–Trinajstić information content (AvgIpc) is 3.14. The predicted octanol–water partition coefficient (Wildman–Crippen LogP) is 0.0395. The second-order valence-corrected chi connectivity index (χ2v) is 6.02. The van der Waals surface area contributed by atoms with Crippen molar-refractivity contribution in [1.82, 2.24) is 15.5 Å². The van der Waals surface area contributed by atoms with Crippen LogP contribution in [0, 0.1) is 6.92 Å². The smallest absolute Gasteiger partial charge is 0.252 e. The summed E-state index contributed by atoms with van der Waals surface area (Å²) in [5.74, 6) is -0.505. The van der Waals surface area contributed by atoms with Gasteiger partial charge in [-0.05, 0) is 37.5 Å². The van der Waals surface area contributed by atoms with Crippen molar-refractivity contribution in [3.8, 4) is 5.75 Å². The highest BCUT2D eigenvalue weighted by Gasteiger charge is 2.33. The number of nitrogens with one attached hydrogen (secondary N) is 2. The van der Waals surface area contributed by atoms with Gasteiger partial charge in [-0.25, -0.2) is 0 Å². The maximum Gasteiger partial charge on any atom is 0.252 e. The van der Waals surface area contributed by atoms with Crippen LogP contribution in [-0.4, -0.2) is 61.7 Å². The van der Waals surface area contributed by atoms with E-state index in [1.807, 2.05) is 0 Å². The second kappa shape index (κ2) is 8.98. The molecule has 1 aliphatic heterocycles. The van der Waals surface area contributed by atoms with E-state index in [2.05, 4.69) is 10.6 Å². The van der Waals surface area contributed by atoms with E-state index >= 15 is 0 Å². The number of benzene rings is 1. The summed E-state index contributed by atoms with van der Waals surface area (Å²) in [6.07, 6.45) is 1.84. The van der Waals surface area contributed by atoms with E-state index in [-0.39, 0.29) is 30.8 Å². The minimum absolute atomic E-state index is 0.0801. The number of methoxy groups -OCH3 is 1. The van der Waals surface area contributed by atoms with Gasteiger partial charge < -0.3 is 25.1 Å². The molecule has 1 aliphatic rings. The lowest BCUT2D eigenvalue weighted by atomic mass is 10.1. The first-order chi connectivity index (χ1) is 12.5. The fraction of sp³-hybridized carbons (Fsp3) is 0.444. The zero-order valence-corrected chi connectivity index (χ0v) is 14.9. The first-order valence-electron chi connectivity index (χ1n) is 8.41. The molecule has 8 nitrogen and oxygen atoms in total. The Morgan fingerprint density at radius 1 is 1.31 bits per heavy atom. The average molecular weight is 361 g/mol. The molecule has 2 N–H and O–H groups in total. The number of likely N-dealkylation sites (tertiary alicyclic amines) is 1. The topological polar surface area (TPSA) is 105 Å². The van der Waals surface area contributed by atoms with Crippen LogP contribution in [0.4, 0.5) is 0 Å². The fourth-order valence-corrected chi connectivity index (χ4v) is 2.92. The molecule has 3 amide bonds. The number of carbonyl (C=O) groups excluding carboxylic acids is 4. The largest absolute Gasteiger partial charge is 0.497 e. The summed E-state index contributed by atoms with van der Waals surface area (Å²) in [5.41, 5.74) is 1.20. The highest BCUT2D eigenvalue weighted by atomic mass is 16.5. The molecular formula is C18H23N3O5. The van der Waals surface area contributed by atoms with Gasteiger partial charge in [0.05, 0.1) is 20.2 Å². The van der Waals surface area contributed by atoms with Crippen molar-refractivity contribution >= 4 is 24.0 Å². The Balaban J connectivity index is 1.96. The standard InChI is InChI=1S/C18H23N3O5/c1-12-5-6-13(26-2)10-14(12)17(24)20-11-16(23)21-8-3-4-15(21)18(25)19-7-9-22/h5-6,9-10,15H,3-4,7-8,11H2,1-2H3,(H,19,25)(H,20,24). The summed E-state index contributed by atoms with van der Waals surface area (Å²) in [5, 5.41) is 5.06. The van der Waals surface area contributed by atoms with Crippen LogP contribution in [0.5, 0.6) is 5.75 Å². The van der Waals surface area contributed by atoms with Crippen molar-refractivity contribution in [3.05, 3.63) is 29.3 Å². The van der Waals surface area contributed by atoms with Crippen LogP contribution >= 0.6 is 0 Å².